The molecule has 1 aliphatic heterocycles. The number of carbonyl (C=O) groups excluding carboxylic acids is 1. The minimum Gasteiger partial charge on any atom is -0.324 e. The van der Waals surface area contributed by atoms with E-state index in [-0.39, 0.29) is 29.2 Å². The largest absolute Gasteiger partial charge is 0.324 e. The Kier molecular flexibility index (Phi) is 4.29. The van der Waals surface area contributed by atoms with E-state index < -0.39 is 10.7 Å². The summed E-state index contributed by atoms with van der Waals surface area (Å²) in [7, 11) is 0. The summed E-state index contributed by atoms with van der Waals surface area (Å²) in [6.45, 7) is 2.72. The molecule has 1 amide bonds. The van der Waals surface area contributed by atoms with Gasteiger partial charge in [0.15, 0.2) is 0 Å². The van der Waals surface area contributed by atoms with E-state index in [2.05, 4.69) is 10.6 Å². The molecule has 1 aromatic rings. The second-order valence-corrected chi connectivity index (χ2v) is 5.00. The predicted molar refractivity (Wildman–Crippen MR) is 71.9 cm³/mol. The number of rotatable bonds is 3. The van der Waals surface area contributed by atoms with Crippen LogP contribution in [0.25, 0.3) is 0 Å². The number of benzene rings is 1. The van der Waals surface area contributed by atoms with Crippen LogP contribution in [0.1, 0.15) is 19.8 Å². The number of nitrogens with one attached hydrogen (secondary N) is 2. The zero-order valence-electron chi connectivity index (χ0n) is 11.1. The number of hydrogen-bond donors (Lipinski definition) is 2. The smallest absolute Gasteiger partial charge is 0.274 e. The van der Waals surface area contributed by atoms with E-state index in [1.807, 2.05) is 6.92 Å². The summed E-state index contributed by atoms with van der Waals surface area (Å²) >= 11 is 0. The van der Waals surface area contributed by atoms with Crippen LogP contribution >= 0.6 is 0 Å². The van der Waals surface area contributed by atoms with Crippen LogP contribution in [0, 0.1) is 21.8 Å². The van der Waals surface area contributed by atoms with Gasteiger partial charge in [-0.1, -0.05) is 6.92 Å². The molecule has 0 spiro atoms. The molecule has 2 N–H and O–H groups in total. The van der Waals surface area contributed by atoms with Gasteiger partial charge >= 0.3 is 0 Å². The first-order valence-electron chi connectivity index (χ1n) is 6.46. The number of carbonyl (C=O) groups is 1. The van der Waals surface area contributed by atoms with Gasteiger partial charge in [0.25, 0.3) is 5.69 Å². The Morgan fingerprint density at radius 1 is 1.50 bits per heavy atom. The number of piperidine rings is 1. The number of hydrogen-bond acceptors (Lipinski definition) is 4. The lowest BCUT2D eigenvalue weighted by molar-refractivity contribution is -0.385. The minimum absolute atomic E-state index is 0.0984. The Morgan fingerprint density at radius 2 is 2.25 bits per heavy atom. The van der Waals surface area contributed by atoms with Gasteiger partial charge in [0.1, 0.15) is 5.82 Å². The highest BCUT2D eigenvalue weighted by molar-refractivity contribution is 5.95. The van der Waals surface area contributed by atoms with Crippen LogP contribution in [-0.2, 0) is 4.79 Å². The van der Waals surface area contributed by atoms with E-state index >= 15 is 0 Å². The Hall–Kier alpha value is -2.02. The molecule has 1 aromatic carbocycles. The van der Waals surface area contributed by atoms with Crippen LogP contribution in [0.3, 0.4) is 0 Å². The van der Waals surface area contributed by atoms with Crippen molar-refractivity contribution in [3.05, 3.63) is 34.1 Å². The van der Waals surface area contributed by atoms with Crippen LogP contribution in [-0.4, -0.2) is 23.4 Å². The first kappa shape index (κ1) is 14.4. The van der Waals surface area contributed by atoms with Gasteiger partial charge < -0.3 is 10.6 Å². The number of non-ortho nitro benzene ring substituents is 1. The average Bonchev–Trinajstić information content (AvgIpc) is 2.38. The predicted octanol–water partition coefficient (Wildman–Crippen LogP) is 2.06. The number of nitro benzene ring substituents is 1. The van der Waals surface area contributed by atoms with Crippen molar-refractivity contribution in [2.45, 2.75) is 25.8 Å². The summed E-state index contributed by atoms with van der Waals surface area (Å²) in [6.07, 6.45) is 1.95. The quantitative estimate of drug-likeness (QED) is 0.656. The van der Waals surface area contributed by atoms with Gasteiger partial charge in [-0.25, -0.2) is 4.39 Å². The number of nitro groups is 1. The Balaban J connectivity index is 2.13. The van der Waals surface area contributed by atoms with E-state index in [0.29, 0.717) is 0 Å². The van der Waals surface area contributed by atoms with Gasteiger partial charge in [-0.2, -0.15) is 0 Å². The third-order valence-corrected chi connectivity index (χ3v) is 3.41. The highest BCUT2D eigenvalue weighted by Crippen LogP contribution is 2.22. The Bertz CT molecular complexity index is 536. The SMILES string of the molecule is CC1CCCNC1C(=O)Nc1cc(F)cc([N+](=O)[O-])c1. The van der Waals surface area contributed by atoms with Crippen molar-refractivity contribution in [2.75, 3.05) is 11.9 Å². The molecule has 1 heterocycles. The molecule has 0 saturated carbocycles. The summed E-state index contributed by atoms with van der Waals surface area (Å²) in [5.41, 5.74) is -0.286. The van der Waals surface area contributed by atoms with Crippen molar-refractivity contribution >= 4 is 17.3 Å². The van der Waals surface area contributed by atoms with Crippen molar-refractivity contribution in [1.29, 1.82) is 0 Å². The van der Waals surface area contributed by atoms with Crippen LogP contribution in [0.2, 0.25) is 0 Å². The third-order valence-electron chi connectivity index (χ3n) is 3.41. The van der Waals surface area contributed by atoms with Gasteiger partial charge in [-0.15, -0.1) is 0 Å². The zero-order valence-corrected chi connectivity index (χ0v) is 11.1. The summed E-state index contributed by atoms with van der Waals surface area (Å²) < 4.78 is 13.3. The standard InChI is InChI=1S/C13H16FN3O3/c1-8-3-2-4-15-12(8)13(18)16-10-5-9(14)6-11(7-10)17(19)20/h5-8,12,15H,2-4H2,1H3,(H,16,18). The van der Waals surface area contributed by atoms with Gasteiger partial charge in [0.05, 0.1) is 22.7 Å². The monoisotopic (exact) mass is 281 g/mol. The van der Waals surface area contributed by atoms with Crippen LogP contribution in [0.15, 0.2) is 18.2 Å². The maximum Gasteiger partial charge on any atom is 0.274 e. The fraction of sp³-hybridized carbons (Fsp3) is 0.462. The summed E-state index contributed by atoms with van der Waals surface area (Å²) in [6, 6.07) is 2.68. The number of anilines is 1. The molecule has 0 aliphatic carbocycles. The van der Waals surface area contributed by atoms with Crippen molar-refractivity contribution in [2.24, 2.45) is 5.92 Å². The van der Waals surface area contributed by atoms with Crippen LogP contribution in [0.5, 0.6) is 0 Å². The Labute approximate surface area is 115 Å². The summed E-state index contributed by atoms with van der Waals surface area (Å²) in [5.74, 6) is -0.872. The highest BCUT2D eigenvalue weighted by atomic mass is 19.1. The molecule has 2 rings (SSSR count). The molecule has 6 nitrogen and oxygen atoms in total. The number of halogens is 1. The second kappa shape index (κ2) is 5.96. The van der Waals surface area contributed by atoms with Crippen LogP contribution < -0.4 is 10.6 Å². The van der Waals surface area contributed by atoms with Gasteiger partial charge in [0, 0.05) is 6.07 Å². The third kappa shape index (κ3) is 3.30. The molecule has 7 heteroatoms. The van der Waals surface area contributed by atoms with Crippen molar-refractivity contribution in [3.63, 3.8) is 0 Å². The van der Waals surface area contributed by atoms with Gasteiger partial charge in [-0.3, -0.25) is 14.9 Å². The van der Waals surface area contributed by atoms with E-state index in [4.69, 9.17) is 0 Å². The van der Waals surface area contributed by atoms with Gasteiger partial charge in [-0.05, 0) is 31.4 Å². The molecule has 2 unspecified atom stereocenters. The maximum atomic E-state index is 13.3. The van der Waals surface area contributed by atoms with Crippen molar-refractivity contribution in [1.82, 2.24) is 5.32 Å². The fourth-order valence-electron chi connectivity index (χ4n) is 2.37. The molecule has 1 fully saturated rings. The topological polar surface area (TPSA) is 84.3 Å². The number of nitrogens with zero attached hydrogens (tertiary/aromatic N) is 1. The van der Waals surface area contributed by atoms with E-state index in [0.717, 1.165) is 37.6 Å². The molecule has 1 saturated heterocycles. The van der Waals surface area contributed by atoms with Crippen molar-refractivity contribution < 1.29 is 14.1 Å². The first-order valence-corrected chi connectivity index (χ1v) is 6.46. The molecule has 0 aromatic heterocycles. The molecule has 108 valence electrons. The molecule has 20 heavy (non-hydrogen) atoms. The lowest BCUT2D eigenvalue weighted by Gasteiger charge is -2.28. The summed E-state index contributed by atoms with van der Waals surface area (Å²) in [4.78, 5) is 22.1. The molecule has 2 atom stereocenters. The maximum absolute atomic E-state index is 13.3. The zero-order chi connectivity index (χ0) is 14.7. The highest BCUT2D eigenvalue weighted by Gasteiger charge is 2.27. The van der Waals surface area contributed by atoms with E-state index in [1.165, 1.54) is 0 Å². The average molecular weight is 281 g/mol. The molecular weight excluding hydrogens is 265 g/mol. The van der Waals surface area contributed by atoms with Crippen molar-refractivity contribution in [3.8, 4) is 0 Å². The van der Waals surface area contributed by atoms with Crippen LogP contribution in [0.4, 0.5) is 15.8 Å². The molecular formula is C13H16FN3O3. The van der Waals surface area contributed by atoms with E-state index in [9.17, 15) is 19.3 Å². The second-order valence-electron chi connectivity index (χ2n) is 5.00. The summed E-state index contributed by atoms with van der Waals surface area (Å²) in [5, 5.41) is 16.3. The molecule has 1 aliphatic rings. The lowest BCUT2D eigenvalue weighted by Crippen LogP contribution is -2.48. The molecule has 0 bridgehead atoms. The fourth-order valence-corrected chi connectivity index (χ4v) is 2.37. The Morgan fingerprint density at radius 3 is 2.90 bits per heavy atom. The first-order chi connectivity index (χ1) is 9.47. The minimum atomic E-state index is -0.751. The lowest BCUT2D eigenvalue weighted by atomic mass is 9.92. The molecule has 0 radical (unpaired) electrons. The van der Waals surface area contributed by atoms with E-state index in [1.54, 1.807) is 0 Å². The van der Waals surface area contributed by atoms with Gasteiger partial charge in [0.2, 0.25) is 5.91 Å². The normalized spacial score (nSPS) is 22.3. The number of amides is 1.